The molecule has 2 aliphatic carbocycles. The average molecular weight is 390 g/mol. The Labute approximate surface area is 169 Å². The molecule has 0 aliphatic heterocycles. The summed E-state index contributed by atoms with van der Waals surface area (Å²) in [6, 6.07) is 8.61. The summed E-state index contributed by atoms with van der Waals surface area (Å²) in [5.41, 5.74) is 1.43. The van der Waals surface area contributed by atoms with Gasteiger partial charge in [-0.1, -0.05) is 25.5 Å². The minimum Gasteiger partial charge on any atom is -0.493 e. The SMILES string of the molecule is CCC[C@H](F)C(=O)OC1CCC(COc2ccc(C3CC[CH]CC3)cc2)CC1. The molecule has 2 aliphatic rings. The Kier molecular flexibility index (Phi) is 8.17. The molecule has 0 amide bonds. The Morgan fingerprint density at radius 1 is 1.07 bits per heavy atom. The van der Waals surface area contributed by atoms with Crippen LogP contribution in [0.5, 0.6) is 5.75 Å². The zero-order chi connectivity index (χ0) is 19.8. The third-order valence-corrected chi connectivity index (χ3v) is 6.15. The lowest BCUT2D eigenvalue weighted by Gasteiger charge is -2.28. The first kappa shape index (κ1) is 21.1. The van der Waals surface area contributed by atoms with Crippen molar-refractivity contribution in [3.05, 3.63) is 36.2 Å². The van der Waals surface area contributed by atoms with Crippen LogP contribution in [-0.4, -0.2) is 24.9 Å². The minimum atomic E-state index is -1.47. The highest BCUT2D eigenvalue weighted by Crippen LogP contribution is 2.33. The van der Waals surface area contributed by atoms with Gasteiger partial charge in [0.05, 0.1) is 6.61 Å². The van der Waals surface area contributed by atoms with Crippen molar-refractivity contribution >= 4 is 5.97 Å². The van der Waals surface area contributed by atoms with Crippen LogP contribution in [0.25, 0.3) is 0 Å². The number of hydrogen-bond acceptors (Lipinski definition) is 3. The summed E-state index contributed by atoms with van der Waals surface area (Å²) in [5, 5.41) is 0. The number of hydrogen-bond donors (Lipinski definition) is 0. The second-order valence-corrected chi connectivity index (χ2v) is 8.36. The van der Waals surface area contributed by atoms with Gasteiger partial charge in [0, 0.05) is 0 Å². The van der Waals surface area contributed by atoms with E-state index in [1.807, 2.05) is 6.92 Å². The zero-order valence-electron chi connectivity index (χ0n) is 17.1. The maximum Gasteiger partial charge on any atom is 0.340 e. The van der Waals surface area contributed by atoms with Gasteiger partial charge in [-0.05, 0) is 93.7 Å². The number of halogens is 1. The van der Waals surface area contributed by atoms with Crippen molar-refractivity contribution < 1.29 is 18.7 Å². The molecule has 0 heterocycles. The number of esters is 1. The topological polar surface area (TPSA) is 35.5 Å². The predicted octanol–water partition coefficient (Wildman–Crippen LogP) is 6.17. The van der Waals surface area contributed by atoms with E-state index in [0.717, 1.165) is 31.4 Å². The number of benzene rings is 1. The predicted molar refractivity (Wildman–Crippen MR) is 109 cm³/mol. The molecule has 0 saturated heterocycles. The van der Waals surface area contributed by atoms with Crippen LogP contribution in [0.4, 0.5) is 4.39 Å². The van der Waals surface area contributed by atoms with Gasteiger partial charge in [0.25, 0.3) is 0 Å². The molecule has 1 radical (unpaired) electrons. The minimum absolute atomic E-state index is 0.133. The molecule has 0 bridgehead atoms. The first-order valence-electron chi connectivity index (χ1n) is 11.0. The molecule has 2 fully saturated rings. The first-order chi connectivity index (χ1) is 13.7. The fourth-order valence-corrected chi connectivity index (χ4v) is 4.34. The maximum atomic E-state index is 13.6. The summed E-state index contributed by atoms with van der Waals surface area (Å²) in [6.45, 7) is 2.56. The smallest absolute Gasteiger partial charge is 0.340 e. The highest BCUT2D eigenvalue weighted by Gasteiger charge is 2.27. The maximum absolute atomic E-state index is 13.6. The van der Waals surface area contributed by atoms with E-state index in [2.05, 4.69) is 30.7 Å². The van der Waals surface area contributed by atoms with Crippen LogP contribution >= 0.6 is 0 Å². The Hall–Kier alpha value is -1.58. The molecule has 0 aromatic heterocycles. The molecule has 155 valence electrons. The largest absolute Gasteiger partial charge is 0.493 e. The Balaban J connectivity index is 1.36. The molecule has 2 saturated carbocycles. The van der Waals surface area contributed by atoms with E-state index in [9.17, 15) is 9.18 Å². The van der Waals surface area contributed by atoms with Gasteiger partial charge in [-0.2, -0.15) is 0 Å². The Bertz CT molecular complexity index is 586. The number of rotatable bonds is 8. The Morgan fingerprint density at radius 3 is 2.39 bits per heavy atom. The number of carbonyl (C=O) groups excluding carboxylic acids is 1. The first-order valence-corrected chi connectivity index (χ1v) is 11.0. The van der Waals surface area contributed by atoms with E-state index in [-0.39, 0.29) is 12.5 Å². The molecule has 0 N–H and O–H groups in total. The van der Waals surface area contributed by atoms with Gasteiger partial charge in [0.15, 0.2) is 6.17 Å². The van der Waals surface area contributed by atoms with Crippen molar-refractivity contribution in [3.8, 4) is 5.75 Å². The normalized spacial score (nSPS) is 24.5. The van der Waals surface area contributed by atoms with Crippen LogP contribution < -0.4 is 4.74 Å². The highest BCUT2D eigenvalue weighted by molar-refractivity contribution is 5.74. The van der Waals surface area contributed by atoms with E-state index in [0.29, 0.717) is 24.9 Å². The van der Waals surface area contributed by atoms with Gasteiger partial charge < -0.3 is 9.47 Å². The third-order valence-electron chi connectivity index (χ3n) is 6.15. The Morgan fingerprint density at radius 2 is 1.75 bits per heavy atom. The van der Waals surface area contributed by atoms with Crippen LogP contribution in [-0.2, 0) is 9.53 Å². The third kappa shape index (κ3) is 6.22. The summed E-state index contributed by atoms with van der Waals surface area (Å²) in [7, 11) is 0. The van der Waals surface area contributed by atoms with Crippen LogP contribution in [0.15, 0.2) is 24.3 Å². The van der Waals surface area contributed by atoms with Crippen LogP contribution in [0, 0.1) is 12.3 Å². The zero-order valence-corrected chi connectivity index (χ0v) is 17.1. The molecule has 3 nitrogen and oxygen atoms in total. The summed E-state index contributed by atoms with van der Waals surface area (Å²) in [6.07, 6.45) is 10.2. The van der Waals surface area contributed by atoms with E-state index < -0.39 is 12.1 Å². The molecule has 0 unspecified atom stereocenters. The summed E-state index contributed by atoms with van der Waals surface area (Å²) in [5.74, 6) is 1.41. The van der Waals surface area contributed by atoms with Crippen molar-refractivity contribution in [2.75, 3.05) is 6.61 Å². The standard InChI is InChI=1S/C24H34FO3/c1-2-6-23(25)24(26)28-22-13-9-18(10-14-22)17-27-21-15-11-20(12-16-21)19-7-4-3-5-8-19/h3,11-12,15-16,18-19,22-23H,2,4-10,13-14,17H2,1H3/t18?,22?,23-/m0/s1. The molecule has 1 aromatic carbocycles. The number of ether oxygens (including phenoxy) is 2. The average Bonchev–Trinajstić information content (AvgIpc) is 2.74. The number of alkyl halides is 1. The van der Waals surface area contributed by atoms with Crippen LogP contribution in [0.3, 0.4) is 0 Å². The van der Waals surface area contributed by atoms with Crippen molar-refractivity contribution in [1.29, 1.82) is 0 Å². The molecule has 4 heteroatoms. The number of carbonyl (C=O) groups is 1. The molecular weight excluding hydrogens is 355 g/mol. The lowest BCUT2D eigenvalue weighted by atomic mass is 9.84. The van der Waals surface area contributed by atoms with Crippen molar-refractivity contribution in [3.63, 3.8) is 0 Å². The second kappa shape index (κ2) is 10.8. The monoisotopic (exact) mass is 389 g/mol. The quantitative estimate of drug-likeness (QED) is 0.499. The van der Waals surface area contributed by atoms with Gasteiger partial charge in [0.2, 0.25) is 0 Å². The summed E-state index contributed by atoms with van der Waals surface area (Å²) >= 11 is 0. The van der Waals surface area contributed by atoms with E-state index in [4.69, 9.17) is 9.47 Å². The summed E-state index contributed by atoms with van der Waals surface area (Å²) in [4.78, 5) is 11.7. The lowest BCUT2D eigenvalue weighted by molar-refractivity contribution is -0.157. The van der Waals surface area contributed by atoms with Gasteiger partial charge in [-0.25, -0.2) is 9.18 Å². The van der Waals surface area contributed by atoms with Crippen LogP contribution in [0.2, 0.25) is 0 Å². The van der Waals surface area contributed by atoms with Gasteiger partial charge >= 0.3 is 5.97 Å². The summed E-state index contributed by atoms with van der Waals surface area (Å²) < 4.78 is 24.9. The molecule has 1 atom stereocenters. The molecular formula is C24H34FO3. The van der Waals surface area contributed by atoms with Crippen molar-refractivity contribution in [1.82, 2.24) is 0 Å². The molecule has 1 aromatic rings. The van der Waals surface area contributed by atoms with Gasteiger partial charge in [-0.3, -0.25) is 0 Å². The lowest BCUT2D eigenvalue weighted by Crippen LogP contribution is -2.30. The van der Waals surface area contributed by atoms with E-state index in [1.165, 1.54) is 31.2 Å². The van der Waals surface area contributed by atoms with Crippen molar-refractivity contribution in [2.24, 2.45) is 5.92 Å². The van der Waals surface area contributed by atoms with Gasteiger partial charge in [-0.15, -0.1) is 0 Å². The van der Waals surface area contributed by atoms with E-state index >= 15 is 0 Å². The molecule has 0 spiro atoms. The van der Waals surface area contributed by atoms with Crippen LogP contribution in [0.1, 0.15) is 82.6 Å². The molecule has 28 heavy (non-hydrogen) atoms. The fourth-order valence-electron chi connectivity index (χ4n) is 4.34. The van der Waals surface area contributed by atoms with Crippen molar-refractivity contribution in [2.45, 2.75) is 89.3 Å². The van der Waals surface area contributed by atoms with Gasteiger partial charge in [0.1, 0.15) is 11.9 Å². The second-order valence-electron chi connectivity index (χ2n) is 8.36. The fraction of sp³-hybridized carbons (Fsp3) is 0.667. The van der Waals surface area contributed by atoms with E-state index in [1.54, 1.807) is 0 Å². The highest BCUT2D eigenvalue weighted by atomic mass is 19.1. The molecule has 3 rings (SSSR count).